The van der Waals surface area contributed by atoms with Crippen molar-refractivity contribution in [3.05, 3.63) is 58.1 Å². The van der Waals surface area contributed by atoms with Crippen molar-refractivity contribution >= 4 is 43.2 Å². The number of sulfonamides is 2. The van der Waals surface area contributed by atoms with E-state index < -0.39 is 42.8 Å². The molecule has 2 heterocycles. The maximum absolute atomic E-state index is 11.2. The van der Waals surface area contributed by atoms with Gasteiger partial charge in [0.25, 0.3) is 0 Å². The summed E-state index contributed by atoms with van der Waals surface area (Å²) in [6, 6.07) is 6.45. The van der Waals surface area contributed by atoms with Gasteiger partial charge in [-0.05, 0) is 38.1 Å². The fourth-order valence-corrected chi connectivity index (χ4v) is 3.98. The number of hydrogen-bond donors (Lipinski definition) is 2. The first kappa shape index (κ1) is 28.7. The second kappa shape index (κ2) is 12.2. The second-order valence-corrected chi connectivity index (χ2v) is 11.4. The number of nitrogens with two attached hydrogens (primary N) is 2. The molecular formula is C18H26Cl2N4O6S2. The molecule has 2 rings (SSSR count). The van der Waals surface area contributed by atoms with Gasteiger partial charge in [0.15, 0.2) is 0 Å². The van der Waals surface area contributed by atoms with Crippen molar-refractivity contribution in [2.75, 3.05) is 14.2 Å². The summed E-state index contributed by atoms with van der Waals surface area (Å²) < 4.78 is 55.1. The molecule has 0 aliphatic rings. The Labute approximate surface area is 198 Å². The molecule has 0 saturated carbocycles. The maximum Gasteiger partial charge on any atom is 0.214 e. The van der Waals surface area contributed by atoms with Crippen LogP contribution in [0.4, 0.5) is 0 Å². The fraction of sp³-hybridized carbons (Fsp3) is 0.444. The van der Waals surface area contributed by atoms with Crippen molar-refractivity contribution in [2.24, 2.45) is 10.3 Å². The highest BCUT2D eigenvalue weighted by Gasteiger charge is 2.29. The first-order valence-electron chi connectivity index (χ1n) is 9.04. The standard InChI is InChI=1S/2C9H13ClN2O3S/c2*1-6(16(11,13)14)9(15-2)8-4-3-7(10)5-12-8/h2*3-6,9H,1-2H3,(H2,11,13,14)/t2*6-,9-/m10/s1. The summed E-state index contributed by atoms with van der Waals surface area (Å²) in [5, 5.41) is 9.33. The highest BCUT2D eigenvalue weighted by Crippen LogP contribution is 2.24. The van der Waals surface area contributed by atoms with Crippen molar-refractivity contribution in [1.82, 2.24) is 9.97 Å². The Kier molecular flexibility index (Phi) is 10.9. The average Bonchev–Trinajstić information content (AvgIpc) is 2.71. The molecule has 2 aromatic heterocycles. The van der Waals surface area contributed by atoms with E-state index in [0.717, 1.165) is 0 Å². The van der Waals surface area contributed by atoms with Gasteiger partial charge in [-0.1, -0.05) is 23.2 Å². The molecule has 0 radical (unpaired) electrons. The predicted molar refractivity (Wildman–Crippen MR) is 123 cm³/mol. The van der Waals surface area contributed by atoms with E-state index in [9.17, 15) is 16.8 Å². The number of pyridine rings is 2. The zero-order valence-electron chi connectivity index (χ0n) is 17.8. The number of rotatable bonds is 8. The summed E-state index contributed by atoms with van der Waals surface area (Å²) in [5.41, 5.74) is 0.960. The van der Waals surface area contributed by atoms with Gasteiger partial charge in [-0.2, -0.15) is 0 Å². The highest BCUT2D eigenvalue weighted by atomic mass is 35.5. The van der Waals surface area contributed by atoms with E-state index in [1.165, 1.54) is 40.5 Å². The molecule has 0 aromatic carbocycles. The smallest absolute Gasteiger partial charge is 0.214 e. The highest BCUT2D eigenvalue weighted by molar-refractivity contribution is 7.90. The van der Waals surface area contributed by atoms with Crippen LogP contribution in [0.25, 0.3) is 0 Å². The van der Waals surface area contributed by atoms with Crippen molar-refractivity contribution in [3.8, 4) is 0 Å². The van der Waals surface area contributed by atoms with Crippen LogP contribution in [0.15, 0.2) is 36.7 Å². The van der Waals surface area contributed by atoms with Crippen LogP contribution in [0.1, 0.15) is 37.4 Å². The molecule has 10 nitrogen and oxygen atoms in total. The van der Waals surface area contributed by atoms with Gasteiger partial charge >= 0.3 is 0 Å². The van der Waals surface area contributed by atoms with Gasteiger partial charge in [0.2, 0.25) is 20.0 Å². The van der Waals surface area contributed by atoms with Gasteiger partial charge in [-0.25, -0.2) is 27.1 Å². The molecule has 0 spiro atoms. The summed E-state index contributed by atoms with van der Waals surface area (Å²) in [5.74, 6) is 0. The number of halogens is 2. The minimum absolute atomic E-state index is 0.474. The number of primary sulfonamides is 2. The molecule has 0 unspecified atom stereocenters. The van der Waals surface area contributed by atoms with Crippen LogP contribution in [0, 0.1) is 0 Å². The van der Waals surface area contributed by atoms with Gasteiger partial charge in [-0.3, -0.25) is 9.97 Å². The van der Waals surface area contributed by atoms with Crippen LogP contribution in [0.5, 0.6) is 0 Å². The summed E-state index contributed by atoms with van der Waals surface area (Å²) in [7, 11) is -4.53. The number of ether oxygens (including phenoxy) is 2. The van der Waals surface area contributed by atoms with Crippen LogP contribution < -0.4 is 10.3 Å². The van der Waals surface area contributed by atoms with E-state index in [1.54, 1.807) is 24.3 Å². The lowest BCUT2D eigenvalue weighted by molar-refractivity contribution is 0.0987. The third kappa shape index (κ3) is 8.52. The fourth-order valence-electron chi connectivity index (χ4n) is 2.56. The largest absolute Gasteiger partial charge is 0.374 e. The average molecular weight is 529 g/mol. The van der Waals surface area contributed by atoms with Crippen LogP contribution in [-0.2, 0) is 29.5 Å². The predicted octanol–water partition coefficient (Wildman–Crippen LogP) is 2.20. The second-order valence-electron chi connectivity index (χ2n) is 6.70. The van der Waals surface area contributed by atoms with E-state index in [4.69, 9.17) is 43.0 Å². The summed E-state index contributed by atoms with van der Waals surface area (Å²) in [4.78, 5) is 8.01. The van der Waals surface area contributed by atoms with E-state index in [-0.39, 0.29) is 0 Å². The molecule has 32 heavy (non-hydrogen) atoms. The Morgan fingerprint density at radius 2 is 1.06 bits per heavy atom. The lowest BCUT2D eigenvalue weighted by Crippen LogP contribution is -2.32. The third-order valence-corrected chi connectivity index (χ3v) is 7.49. The minimum Gasteiger partial charge on any atom is -0.374 e. The summed E-state index contributed by atoms with van der Waals surface area (Å²) in [6.07, 6.45) is 1.46. The lowest BCUT2D eigenvalue weighted by atomic mass is 10.2. The Morgan fingerprint density at radius 3 is 1.25 bits per heavy atom. The van der Waals surface area contributed by atoms with Crippen molar-refractivity contribution < 1.29 is 26.3 Å². The zero-order valence-corrected chi connectivity index (χ0v) is 21.0. The van der Waals surface area contributed by atoms with Gasteiger partial charge in [0, 0.05) is 26.6 Å². The van der Waals surface area contributed by atoms with E-state index in [2.05, 4.69) is 9.97 Å². The van der Waals surface area contributed by atoms with Gasteiger partial charge in [0.05, 0.1) is 21.4 Å². The normalized spacial score (nSPS) is 15.8. The molecule has 2 aromatic rings. The molecule has 0 fully saturated rings. The number of hydrogen-bond acceptors (Lipinski definition) is 8. The number of methoxy groups -OCH3 is 2. The molecule has 0 aliphatic heterocycles. The minimum atomic E-state index is -3.67. The van der Waals surface area contributed by atoms with E-state index >= 15 is 0 Å². The van der Waals surface area contributed by atoms with Crippen molar-refractivity contribution in [3.63, 3.8) is 0 Å². The maximum atomic E-state index is 11.2. The Balaban J connectivity index is 0.000000320. The zero-order chi connectivity index (χ0) is 24.7. The van der Waals surface area contributed by atoms with Crippen molar-refractivity contribution in [1.29, 1.82) is 0 Å². The van der Waals surface area contributed by atoms with Crippen molar-refractivity contribution in [2.45, 2.75) is 36.6 Å². The molecule has 0 saturated heterocycles. The van der Waals surface area contributed by atoms with E-state index in [0.29, 0.717) is 21.4 Å². The van der Waals surface area contributed by atoms with Gasteiger partial charge in [-0.15, -0.1) is 0 Å². The Hall–Kier alpha value is -1.38. The molecule has 0 bridgehead atoms. The van der Waals surface area contributed by atoms with Gasteiger partial charge < -0.3 is 9.47 Å². The monoisotopic (exact) mass is 528 g/mol. The Morgan fingerprint density at radius 1 is 0.750 bits per heavy atom. The first-order valence-corrected chi connectivity index (χ1v) is 13.0. The van der Waals surface area contributed by atoms with Crippen LogP contribution >= 0.6 is 23.2 Å². The molecule has 14 heteroatoms. The van der Waals surface area contributed by atoms with Crippen LogP contribution in [-0.4, -0.2) is 51.5 Å². The Bertz CT molecular complexity index is 980. The summed E-state index contributed by atoms with van der Waals surface area (Å²) >= 11 is 11.4. The van der Waals surface area contributed by atoms with Crippen LogP contribution in [0.2, 0.25) is 10.0 Å². The molecule has 4 N–H and O–H groups in total. The number of aromatic nitrogens is 2. The molecule has 4 atom stereocenters. The molecular weight excluding hydrogens is 503 g/mol. The number of nitrogens with zero attached hydrogens (tertiary/aromatic N) is 2. The molecule has 0 amide bonds. The molecule has 180 valence electrons. The summed E-state index contributed by atoms with van der Waals surface area (Å²) in [6.45, 7) is 2.94. The van der Waals surface area contributed by atoms with E-state index in [1.807, 2.05) is 0 Å². The van der Waals surface area contributed by atoms with Crippen LogP contribution in [0.3, 0.4) is 0 Å². The topological polar surface area (TPSA) is 165 Å². The third-order valence-electron chi connectivity index (χ3n) is 4.48. The first-order chi connectivity index (χ1) is 14.7. The SMILES string of the molecule is CO[C@@H](c1ccc(Cl)cn1)[C@@H](C)S(N)(=O)=O.CO[C@H](c1ccc(Cl)cn1)[C@H](C)S(N)(=O)=O. The lowest BCUT2D eigenvalue weighted by Gasteiger charge is -2.20. The quantitative estimate of drug-likeness (QED) is 0.525. The van der Waals surface area contributed by atoms with Gasteiger partial charge in [0.1, 0.15) is 22.7 Å². The molecule has 0 aliphatic carbocycles.